The first kappa shape index (κ1) is 13.9. The largest absolute Gasteiger partial charge is 0.382 e. The zero-order valence-corrected chi connectivity index (χ0v) is 9.75. The Morgan fingerprint density at radius 3 is 2.43 bits per heavy atom. The molecule has 0 aliphatic carbocycles. The van der Waals surface area contributed by atoms with Crippen molar-refractivity contribution in [2.24, 2.45) is 0 Å². The Balaban J connectivity index is 0.000000500. The Morgan fingerprint density at radius 1 is 1.21 bits per heavy atom. The third kappa shape index (κ3) is 8.48. The van der Waals surface area contributed by atoms with E-state index in [1.165, 1.54) is 19.3 Å². The van der Waals surface area contributed by atoms with Crippen molar-refractivity contribution in [3.63, 3.8) is 0 Å². The Morgan fingerprint density at radius 2 is 1.93 bits per heavy atom. The molecule has 3 nitrogen and oxygen atoms in total. The van der Waals surface area contributed by atoms with Gasteiger partial charge in [0.25, 0.3) is 0 Å². The van der Waals surface area contributed by atoms with E-state index in [4.69, 9.17) is 14.2 Å². The number of ether oxygens (including phenoxy) is 3. The van der Waals surface area contributed by atoms with Gasteiger partial charge < -0.3 is 14.2 Å². The zero-order valence-electron chi connectivity index (χ0n) is 9.75. The second kappa shape index (κ2) is 11.0. The summed E-state index contributed by atoms with van der Waals surface area (Å²) in [6, 6.07) is 0. The molecule has 0 aromatic rings. The molecule has 1 heterocycles. The lowest BCUT2D eigenvalue weighted by atomic mass is 10.2. The van der Waals surface area contributed by atoms with Crippen LogP contribution < -0.4 is 0 Å². The van der Waals surface area contributed by atoms with Gasteiger partial charge in [0.2, 0.25) is 0 Å². The molecule has 86 valence electrons. The van der Waals surface area contributed by atoms with Gasteiger partial charge in [0, 0.05) is 13.7 Å². The molecule has 1 fully saturated rings. The molecule has 0 radical (unpaired) electrons. The summed E-state index contributed by atoms with van der Waals surface area (Å²) >= 11 is 0. The first-order valence-corrected chi connectivity index (χ1v) is 5.57. The quantitative estimate of drug-likeness (QED) is 0.659. The van der Waals surface area contributed by atoms with Gasteiger partial charge in [-0.1, -0.05) is 20.3 Å². The number of rotatable bonds is 4. The maximum atomic E-state index is 5.38. The fraction of sp³-hybridized carbons (Fsp3) is 1.00. The van der Waals surface area contributed by atoms with E-state index in [1.54, 1.807) is 7.11 Å². The summed E-state index contributed by atoms with van der Waals surface area (Å²) in [5, 5.41) is 0. The van der Waals surface area contributed by atoms with Crippen LogP contribution in [-0.2, 0) is 14.2 Å². The normalized spacial score (nSPS) is 21.2. The minimum absolute atomic E-state index is 0.0268. The summed E-state index contributed by atoms with van der Waals surface area (Å²) in [4.78, 5) is 0. The Labute approximate surface area is 87.7 Å². The Hall–Kier alpha value is -0.120. The van der Waals surface area contributed by atoms with Crippen LogP contribution in [0.5, 0.6) is 0 Å². The molecule has 14 heavy (non-hydrogen) atoms. The lowest BCUT2D eigenvalue weighted by Gasteiger charge is -2.22. The monoisotopic (exact) mass is 204 g/mol. The van der Waals surface area contributed by atoms with E-state index >= 15 is 0 Å². The maximum absolute atomic E-state index is 5.38. The predicted molar refractivity (Wildman–Crippen MR) is 57.4 cm³/mol. The standard InChI is InChI=1S/C8H16O3.C3H8/c1-9-6-7-11-8-4-2-3-5-10-8;1-3-2/h8H,2-7H2,1H3;3H2,1-2H3. The van der Waals surface area contributed by atoms with E-state index < -0.39 is 0 Å². The van der Waals surface area contributed by atoms with E-state index in [-0.39, 0.29) is 6.29 Å². The van der Waals surface area contributed by atoms with Gasteiger partial charge in [-0.2, -0.15) is 0 Å². The highest BCUT2D eigenvalue weighted by molar-refractivity contribution is 4.53. The highest BCUT2D eigenvalue weighted by Crippen LogP contribution is 2.13. The van der Waals surface area contributed by atoms with Gasteiger partial charge in [0.1, 0.15) is 0 Å². The van der Waals surface area contributed by atoms with Crippen molar-refractivity contribution in [2.45, 2.75) is 45.8 Å². The van der Waals surface area contributed by atoms with Gasteiger partial charge >= 0.3 is 0 Å². The highest BCUT2D eigenvalue weighted by Gasteiger charge is 2.12. The van der Waals surface area contributed by atoms with Crippen LogP contribution in [0.4, 0.5) is 0 Å². The first-order valence-electron chi connectivity index (χ1n) is 5.57. The molecule has 1 aliphatic heterocycles. The van der Waals surface area contributed by atoms with Gasteiger partial charge in [-0.15, -0.1) is 0 Å². The Kier molecular flexibility index (Phi) is 10.9. The number of methoxy groups -OCH3 is 1. The molecule has 0 aromatic heterocycles. The number of hydrogen-bond donors (Lipinski definition) is 0. The highest BCUT2D eigenvalue weighted by atomic mass is 16.7. The second-order valence-electron chi connectivity index (χ2n) is 3.37. The van der Waals surface area contributed by atoms with Crippen molar-refractivity contribution in [1.29, 1.82) is 0 Å². The van der Waals surface area contributed by atoms with Crippen molar-refractivity contribution in [3.8, 4) is 0 Å². The third-order valence-corrected chi connectivity index (χ3v) is 1.73. The van der Waals surface area contributed by atoms with Crippen LogP contribution in [0.25, 0.3) is 0 Å². The molecule has 0 N–H and O–H groups in total. The molecule has 1 atom stereocenters. The lowest BCUT2D eigenvalue weighted by molar-refractivity contribution is -0.167. The number of hydrogen-bond acceptors (Lipinski definition) is 3. The topological polar surface area (TPSA) is 27.7 Å². The van der Waals surface area contributed by atoms with Crippen molar-refractivity contribution in [3.05, 3.63) is 0 Å². The molecule has 1 rings (SSSR count). The molecular weight excluding hydrogens is 180 g/mol. The van der Waals surface area contributed by atoms with Crippen LogP contribution in [0.2, 0.25) is 0 Å². The van der Waals surface area contributed by atoms with Crippen molar-refractivity contribution in [2.75, 3.05) is 26.9 Å². The first-order chi connectivity index (χ1) is 6.85. The van der Waals surface area contributed by atoms with E-state index in [0.29, 0.717) is 13.2 Å². The second-order valence-corrected chi connectivity index (χ2v) is 3.37. The average Bonchev–Trinajstić information content (AvgIpc) is 2.21. The summed E-state index contributed by atoms with van der Waals surface area (Å²) in [6.07, 6.45) is 4.70. The third-order valence-electron chi connectivity index (χ3n) is 1.73. The average molecular weight is 204 g/mol. The van der Waals surface area contributed by atoms with E-state index in [1.807, 2.05) is 0 Å². The smallest absolute Gasteiger partial charge is 0.157 e. The van der Waals surface area contributed by atoms with Gasteiger partial charge in [-0.25, -0.2) is 0 Å². The summed E-state index contributed by atoms with van der Waals surface area (Å²) in [7, 11) is 1.67. The van der Waals surface area contributed by atoms with Gasteiger partial charge in [-0.3, -0.25) is 0 Å². The summed E-state index contributed by atoms with van der Waals surface area (Å²) in [5.41, 5.74) is 0. The molecule has 0 spiro atoms. The minimum atomic E-state index is 0.0268. The van der Waals surface area contributed by atoms with Crippen LogP contribution in [0.1, 0.15) is 39.5 Å². The summed E-state index contributed by atoms with van der Waals surface area (Å²) in [5.74, 6) is 0. The SMILES string of the molecule is CCC.COCCOC1CCCCO1. The molecule has 3 heteroatoms. The van der Waals surface area contributed by atoms with E-state index in [9.17, 15) is 0 Å². The van der Waals surface area contributed by atoms with Gasteiger partial charge in [0.05, 0.1) is 13.2 Å². The molecule has 0 aromatic carbocycles. The molecule has 0 saturated carbocycles. The summed E-state index contributed by atoms with van der Waals surface area (Å²) in [6.45, 7) is 6.39. The van der Waals surface area contributed by atoms with E-state index in [0.717, 1.165) is 13.0 Å². The van der Waals surface area contributed by atoms with Crippen LogP contribution in [-0.4, -0.2) is 33.2 Å². The van der Waals surface area contributed by atoms with Crippen LogP contribution >= 0.6 is 0 Å². The van der Waals surface area contributed by atoms with Gasteiger partial charge in [0.15, 0.2) is 6.29 Å². The molecular formula is C11H24O3. The van der Waals surface area contributed by atoms with Crippen LogP contribution in [0.15, 0.2) is 0 Å². The summed E-state index contributed by atoms with van der Waals surface area (Å²) < 4.78 is 15.6. The fourth-order valence-electron chi connectivity index (χ4n) is 1.11. The van der Waals surface area contributed by atoms with Crippen molar-refractivity contribution >= 4 is 0 Å². The molecule has 0 amide bonds. The molecule has 1 unspecified atom stereocenters. The lowest BCUT2D eigenvalue weighted by Crippen LogP contribution is -2.23. The van der Waals surface area contributed by atoms with Gasteiger partial charge in [-0.05, 0) is 19.3 Å². The molecule has 0 bridgehead atoms. The predicted octanol–water partition coefficient (Wildman–Crippen LogP) is 2.59. The van der Waals surface area contributed by atoms with E-state index in [2.05, 4.69) is 13.8 Å². The maximum Gasteiger partial charge on any atom is 0.157 e. The molecule has 1 aliphatic rings. The van der Waals surface area contributed by atoms with Crippen LogP contribution in [0.3, 0.4) is 0 Å². The molecule has 1 saturated heterocycles. The van der Waals surface area contributed by atoms with Crippen molar-refractivity contribution < 1.29 is 14.2 Å². The minimum Gasteiger partial charge on any atom is -0.382 e. The Bertz CT molecular complexity index is 101. The zero-order chi connectivity index (χ0) is 10.6. The van der Waals surface area contributed by atoms with Crippen LogP contribution in [0, 0.1) is 0 Å². The van der Waals surface area contributed by atoms with Crippen molar-refractivity contribution in [1.82, 2.24) is 0 Å². The fourth-order valence-corrected chi connectivity index (χ4v) is 1.11.